The minimum absolute atomic E-state index is 0.0652. The van der Waals surface area contributed by atoms with Crippen LogP contribution in [0.2, 0.25) is 0 Å². The van der Waals surface area contributed by atoms with Crippen LogP contribution in [-0.2, 0) is 0 Å². The van der Waals surface area contributed by atoms with Gasteiger partial charge in [-0.3, -0.25) is 14.4 Å². The van der Waals surface area contributed by atoms with Crippen LogP contribution < -0.4 is 0 Å². The standard InChI is InChI=1S/C16H10O3/c1-9(17)10-6-7-13-14(8-10)11-4-2-3-5-12(11)15(18)16(13)19/h2-8H,1H3. The molecule has 0 aromatic heterocycles. The average Bonchev–Trinajstić information content (AvgIpc) is 2.44. The van der Waals surface area contributed by atoms with Gasteiger partial charge in [-0.05, 0) is 30.2 Å². The maximum Gasteiger partial charge on any atom is 0.234 e. The lowest BCUT2D eigenvalue weighted by atomic mass is 9.83. The van der Waals surface area contributed by atoms with E-state index in [1.54, 1.807) is 36.4 Å². The number of hydrogen-bond donors (Lipinski definition) is 0. The van der Waals surface area contributed by atoms with E-state index in [-0.39, 0.29) is 5.78 Å². The molecule has 2 aromatic rings. The summed E-state index contributed by atoms with van der Waals surface area (Å²) in [4.78, 5) is 35.4. The van der Waals surface area contributed by atoms with Crippen molar-refractivity contribution in [2.75, 3.05) is 0 Å². The Morgan fingerprint density at radius 1 is 0.789 bits per heavy atom. The zero-order chi connectivity index (χ0) is 13.6. The van der Waals surface area contributed by atoms with E-state index in [2.05, 4.69) is 0 Å². The summed E-state index contributed by atoms with van der Waals surface area (Å²) >= 11 is 0. The van der Waals surface area contributed by atoms with E-state index in [1.165, 1.54) is 6.92 Å². The first-order valence-corrected chi connectivity index (χ1v) is 5.93. The van der Waals surface area contributed by atoms with Crippen molar-refractivity contribution in [2.24, 2.45) is 0 Å². The van der Waals surface area contributed by atoms with Crippen LogP contribution in [0.4, 0.5) is 0 Å². The zero-order valence-corrected chi connectivity index (χ0v) is 10.3. The summed E-state index contributed by atoms with van der Waals surface area (Å²) < 4.78 is 0. The molecule has 0 spiro atoms. The van der Waals surface area contributed by atoms with Crippen molar-refractivity contribution in [2.45, 2.75) is 6.92 Å². The lowest BCUT2D eigenvalue weighted by Crippen LogP contribution is -2.21. The molecular weight excluding hydrogens is 240 g/mol. The second-order valence-electron chi connectivity index (χ2n) is 4.52. The van der Waals surface area contributed by atoms with Crippen molar-refractivity contribution in [1.29, 1.82) is 0 Å². The Balaban J connectivity index is 2.35. The van der Waals surface area contributed by atoms with Gasteiger partial charge in [0.05, 0.1) is 0 Å². The van der Waals surface area contributed by atoms with Crippen LogP contribution in [0, 0.1) is 0 Å². The second kappa shape index (κ2) is 3.99. The maximum absolute atomic E-state index is 12.0. The Morgan fingerprint density at radius 3 is 2.00 bits per heavy atom. The summed E-state index contributed by atoms with van der Waals surface area (Å²) in [6.45, 7) is 1.48. The van der Waals surface area contributed by atoms with Crippen LogP contribution in [0.25, 0.3) is 11.1 Å². The monoisotopic (exact) mass is 250 g/mol. The number of benzene rings is 2. The topological polar surface area (TPSA) is 51.2 Å². The van der Waals surface area contributed by atoms with E-state index in [1.807, 2.05) is 6.07 Å². The minimum Gasteiger partial charge on any atom is -0.295 e. The molecule has 3 rings (SSSR count). The Kier molecular flexibility index (Phi) is 2.42. The normalized spacial score (nSPS) is 12.9. The second-order valence-corrected chi connectivity index (χ2v) is 4.52. The first kappa shape index (κ1) is 11.5. The van der Waals surface area contributed by atoms with E-state index < -0.39 is 11.6 Å². The van der Waals surface area contributed by atoms with E-state index in [0.29, 0.717) is 27.8 Å². The molecule has 0 fully saturated rings. The summed E-state index contributed by atoms with van der Waals surface area (Å²) in [5.41, 5.74) is 2.68. The summed E-state index contributed by atoms with van der Waals surface area (Å²) in [5, 5.41) is 0. The van der Waals surface area contributed by atoms with Crippen LogP contribution in [0.5, 0.6) is 0 Å². The highest BCUT2D eigenvalue weighted by Gasteiger charge is 2.30. The van der Waals surface area contributed by atoms with Crippen molar-refractivity contribution in [1.82, 2.24) is 0 Å². The molecular formula is C16H10O3. The zero-order valence-electron chi connectivity index (χ0n) is 10.3. The van der Waals surface area contributed by atoms with Gasteiger partial charge in [0.2, 0.25) is 11.6 Å². The third kappa shape index (κ3) is 1.63. The van der Waals surface area contributed by atoms with Crippen molar-refractivity contribution in [3.05, 3.63) is 59.2 Å². The van der Waals surface area contributed by atoms with Gasteiger partial charge in [-0.1, -0.05) is 30.3 Å². The molecule has 1 aliphatic carbocycles. The predicted octanol–water partition coefficient (Wildman–Crippen LogP) is 2.94. The Morgan fingerprint density at radius 2 is 1.37 bits per heavy atom. The van der Waals surface area contributed by atoms with E-state index in [9.17, 15) is 14.4 Å². The van der Waals surface area contributed by atoms with Crippen molar-refractivity contribution < 1.29 is 14.4 Å². The molecule has 1 aliphatic rings. The highest BCUT2D eigenvalue weighted by atomic mass is 16.2. The molecule has 0 radical (unpaired) electrons. The van der Waals surface area contributed by atoms with Crippen molar-refractivity contribution in [3.63, 3.8) is 0 Å². The summed E-state index contributed by atoms with van der Waals surface area (Å²) in [6, 6.07) is 11.8. The first-order chi connectivity index (χ1) is 9.09. The fourth-order valence-corrected chi connectivity index (χ4v) is 2.34. The van der Waals surface area contributed by atoms with Gasteiger partial charge in [0, 0.05) is 16.7 Å². The molecule has 2 aromatic carbocycles. The summed E-state index contributed by atoms with van der Waals surface area (Å²) in [5.74, 6) is -1.06. The summed E-state index contributed by atoms with van der Waals surface area (Å²) in [6.07, 6.45) is 0. The largest absolute Gasteiger partial charge is 0.295 e. The van der Waals surface area contributed by atoms with E-state index >= 15 is 0 Å². The minimum atomic E-state index is -0.510. The molecule has 0 aliphatic heterocycles. The Bertz CT molecular complexity index is 741. The fraction of sp³-hybridized carbons (Fsp3) is 0.0625. The number of rotatable bonds is 1. The quantitative estimate of drug-likeness (QED) is 0.577. The highest BCUT2D eigenvalue weighted by Crippen LogP contribution is 2.33. The SMILES string of the molecule is CC(=O)c1ccc2c(c1)-c1ccccc1C(=O)C2=O. The van der Waals surface area contributed by atoms with E-state index in [4.69, 9.17) is 0 Å². The molecule has 0 unspecified atom stereocenters. The lowest BCUT2D eigenvalue weighted by Gasteiger charge is -2.18. The molecule has 3 heteroatoms. The number of fused-ring (bicyclic) bond motifs is 3. The molecule has 0 N–H and O–H groups in total. The van der Waals surface area contributed by atoms with Gasteiger partial charge in [0.1, 0.15) is 0 Å². The molecule has 3 nitrogen and oxygen atoms in total. The van der Waals surface area contributed by atoms with Crippen LogP contribution in [0.1, 0.15) is 38.0 Å². The number of Topliss-reactive ketones (excluding diaryl/α,β-unsaturated/α-hetero) is 3. The molecule has 0 amide bonds. The lowest BCUT2D eigenvalue weighted by molar-refractivity contribution is 0.0815. The van der Waals surface area contributed by atoms with Crippen LogP contribution in [0.3, 0.4) is 0 Å². The number of hydrogen-bond acceptors (Lipinski definition) is 3. The van der Waals surface area contributed by atoms with Gasteiger partial charge in [-0.15, -0.1) is 0 Å². The van der Waals surface area contributed by atoms with E-state index in [0.717, 1.165) is 0 Å². The van der Waals surface area contributed by atoms with Gasteiger partial charge in [-0.2, -0.15) is 0 Å². The summed E-state index contributed by atoms with van der Waals surface area (Å²) in [7, 11) is 0. The Labute approximate surface area is 109 Å². The van der Waals surface area contributed by atoms with Crippen molar-refractivity contribution >= 4 is 17.3 Å². The molecule has 19 heavy (non-hydrogen) atoms. The smallest absolute Gasteiger partial charge is 0.234 e. The first-order valence-electron chi connectivity index (χ1n) is 5.93. The Hall–Kier alpha value is -2.55. The van der Waals surface area contributed by atoms with Gasteiger partial charge >= 0.3 is 0 Å². The van der Waals surface area contributed by atoms with Gasteiger partial charge in [-0.25, -0.2) is 0 Å². The molecule has 0 saturated heterocycles. The fourth-order valence-electron chi connectivity index (χ4n) is 2.34. The molecule has 0 atom stereocenters. The van der Waals surface area contributed by atoms with Crippen molar-refractivity contribution in [3.8, 4) is 11.1 Å². The third-order valence-electron chi connectivity index (χ3n) is 3.34. The molecule has 0 bridgehead atoms. The molecule has 0 saturated carbocycles. The van der Waals surface area contributed by atoms with Gasteiger partial charge in [0.25, 0.3) is 0 Å². The van der Waals surface area contributed by atoms with Crippen LogP contribution in [-0.4, -0.2) is 17.3 Å². The number of carbonyl (C=O) groups excluding carboxylic acids is 3. The van der Waals surface area contributed by atoms with Crippen LogP contribution in [0.15, 0.2) is 42.5 Å². The third-order valence-corrected chi connectivity index (χ3v) is 3.34. The number of carbonyl (C=O) groups is 3. The maximum atomic E-state index is 12.0. The number of ketones is 3. The molecule has 0 heterocycles. The highest BCUT2D eigenvalue weighted by molar-refractivity contribution is 6.53. The van der Waals surface area contributed by atoms with Gasteiger partial charge < -0.3 is 0 Å². The average molecular weight is 250 g/mol. The van der Waals surface area contributed by atoms with Crippen LogP contribution >= 0.6 is 0 Å². The van der Waals surface area contributed by atoms with Gasteiger partial charge in [0.15, 0.2) is 5.78 Å². The molecule has 92 valence electrons. The predicted molar refractivity (Wildman–Crippen MR) is 70.5 cm³/mol.